The molecule has 0 saturated carbocycles. The molecule has 0 spiro atoms. The van der Waals surface area contributed by atoms with Gasteiger partial charge in [0.2, 0.25) is 5.91 Å². The zero-order valence-corrected chi connectivity index (χ0v) is 14.7. The second kappa shape index (κ2) is 8.09. The first-order valence-electron chi connectivity index (χ1n) is 8.22. The standard InChI is InChI=1S/C20H18N4O3/c1-13-15(12-27-17-8-16(19(21)25)10-23-11-17)4-2-6-18(13)24-20(26)14-5-3-7-22-9-14/h2-11H,12H2,1H3,(H2,21,25)(H,24,26). The van der Waals surface area contributed by atoms with Gasteiger partial charge in [0.25, 0.3) is 5.91 Å². The molecule has 7 heteroatoms. The lowest BCUT2D eigenvalue weighted by Gasteiger charge is -2.13. The van der Waals surface area contributed by atoms with E-state index in [1.807, 2.05) is 25.1 Å². The number of ether oxygens (including phenoxy) is 1. The zero-order chi connectivity index (χ0) is 19.2. The fourth-order valence-corrected chi connectivity index (χ4v) is 2.46. The fourth-order valence-electron chi connectivity index (χ4n) is 2.46. The van der Waals surface area contributed by atoms with Gasteiger partial charge < -0.3 is 15.8 Å². The molecule has 0 saturated heterocycles. The molecule has 3 N–H and O–H groups in total. The van der Waals surface area contributed by atoms with Gasteiger partial charge in [0.05, 0.1) is 17.3 Å². The Kier molecular flexibility index (Phi) is 5.41. The van der Waals surface area contributed by atoms with E-state index in [1.54, 1.807) is 24.4 Å². The lowest BCUT2D eigenvalue weighted by molar-refractivity contribution is 0.0997. The van der Waals surface area contributed by atoms with Gasteiger partial charge in [-0.05, 0) is 42.3 Å². The number of nitrogens with two attached hydrogens (primary N) is 1. The summed E-state index contributed by atoms with van der Waals surface area (Å²) in [6, 6.07) is 10.5. The summed E-state index contributed by atoms with van der Waals surface area (Å²) < 4.78 is 5.72. The summed E-state index contributed by atoms with van der Waals surface area (Å²) in [5.74, 6) is -0.359. The van der Waals surface area contributed by atoms with E-state index in [9.17, 15) is 9.59 Å². The molecule has 0 unspecified atom stereocenters. The summed E-state index contributed by atoms with van der Waals surface area (Å²) in [5, 5.41) is 2.88. The first-order valence-corrected chi connectivity index (χ1v) is 8.22. The molecule has 0 aliphatic rings. The van der Waals surface area contributed by atoms with Gasteiger partial charge in [0, 0.05) is 24.3 Å². The Bertz CT molecular complexity index is 974. The van der Waals surface area contributed by atoms with Crippen LogP contribution in [0.1, 0.15) is 31.8 Å². The van der Waals surface area contributed by atoms with Gasteiger partial charge >= 0.3 is 0 Å². The summed E-state index contributed by atoms with van der Waals surface area (Å²) >= 11 is 0. The minimum absolute atomic E-state index is 0.234. The number of carbonyl (C=O) groups excluding carboxylic acids is 2. The SMILES string of the molecule is Cc1c(COc2cncc(C(N)=O)c2)cccc1NC(=O)c1cccnc1. The smallest absolute Gasteiger partial charge is 0.257 e. The molecule has 0 radical (unpaired) electrons. The van der Waals surface area contributed by atoms with Crippen molar-refractivity contribution < 1.29 is 14.3 Å². The molecule has 136 valence electrons. The number of carbonyl (C=O) groups is 2. The second-order valence-corrected chi connectivity index (χ2v) is 5.85. The van der Waals surface area contributed by atoms with Crippen LogP contribution in [-0.2, 0) is 6.61 Å². The van der Waals surface area contributed by atoms with Crippen molar-refractivity contribution in [2.24, 2.45) is 5.73 Å². The van der Waals surface area contributed by atoms with E-state index in [-0.39, 0.29) is 18.1 Å². The summed E-state index contributed by atoms with van der Waals surface area (Å²) in [6.45, 7) is 2.15. The Morgan fingerprint density at radius 2 is 1.89 bits per heavy atom. The van der Waals surface area contributed by atoms with Gasteiger partial charge in [-0.2, -0.15) is 0 Å². The Hall–Kier alpha value is -3.74. The highest BCUT2D eigenvalue weighted by Crippen LogP contribution is 2.22. The van der Waals surface area contributed by atoms with Crippen molar-refractivity contribution in [3.63, 3.8) is 0 Å². The number of hydrogen-bond donors (Lipinski definition) is 2. The largest absolute Gasteiger partial charge is 0.487 e. The molecule has 0 aliphatic carbocycles. The number of pyridine rings is 2. The maximum absolute atomic E-state index is 12.3. The average molecular weight is 362 g/mol. The van der Waals surface area contributed by atoms with Crippen LogP contribution in [0.5, 0.6) is 5.75 Å². The number of hydrogen-bond acceptors (Lipinski definition) is 5. The molecular weight excluding hydrogens is 344 g/mol. The maximum Gasteiger partial charge on any atom is 0.257 e. The van der Waals surface area contributed by atoms with Crippen molar-refractivity contribution in [1.29, 1.82) is 0 Å². The number of nitrogens with zero attached hydrogens (tertiary/aromatic N) is 2. The van der Waals surface area contributed by atoms with Crippen LogP contribution in [0.25, 0.3) is 0 Å². The van der Waals surface area contributed by atoms with Gasteiger partial charge in [-0.3, -0.25) is 19.6 Å². The predicted molar refractivity (Wildman–Crippen MR) is 100 cm³/mol. The highest BCUT2D eigenvalue weighted by atomic mass is 16.5. The summed E-state index contributed by atoms with van der Waals surface area (Å²) in [5.41, 5.74) is 8.47. The van der Waals surface area contributed by atoms with E-state index in [0.717, 1.165) is 11.1 Å². The topological polar surface area (TPSA) is 107 Å². The average Bonchev–Trinajstić information content (AvgIpc) is 2.69. The van der Waals surface area contributed by atoms with Crippen molar-refractivity contribution in [1.82, 2.24) is 9.97 Å². The quantitative estimate of drug-likeness (QED) is 0.701. The summed E-state index contributed by atoms with van der Waals surface area (Å²) in [7, 11) is 0. The van der Waals surface area contributed by atoms with E-state index in [0.29, 0.717) is 17.0 Å². The number of nitrogens with one attached hydrogen (secondary N) is 1. The number of benzene rings is 1. The molecule has 0 aliphatic heterocycles. The lowest BCUT2D eigenvalue weighted by Crippen LogP contribution is -2.14. The molecule has 0 atom stereocenters. The molecule has 27 heavy (non-hydrogen) atoms. The van der Waals surface area contributed by atoms with E-state index in [2.05, 4.69) is 15.3 Å². The van der Waals surface area contributed by atoms with E-state index < -0.39 is 5.91 Å². The number of aromatic nitrogens is 2. The normalized spacial score (nSPS) is 10.3. The van der Waals surface area contributed by atoms with Crippen molar-refractivity contribution >= 4 is 17.5 Å². The molecular formula is C20H18N4O3. The third-order valence-electron chi connectivity index (χ3n) is 4.01. The van der Waals surface area contributed by atoms with Crippen LogP contribution in [0, 0.1) is 6.92 Å². The Balaban J connectivity index is 1.72. The van der Waals surface area contributed by atoms with Crippen LogP contribution in [0.4, 0.5) is 5.69 Å². The van der Waals surface area contributed by atoms with E-state index in [1.165, 1.54) is 18.6 Å². The highest BCUT2D eigenvalue weighted by Gasteiger charge is 2.10. The summed E-state index contributed by atoms with van der Waals surface area (Å²) in [6.07, 6.45) is 6.02. The van der Waals surface area contributed by atoms with Gasteiger partial charge in [-0.1, -0.05) is 12.1 Å². The van der Waals surface area contributed by atoms with E-state index in [4.69, 9.17) is 10.5 Å². The Morgan fingerprint density at radius 1 is 1.07 bits per heavy atom. The van der Waals surface area contributed by atoms with Crippen molar-refractivity contribution in [2.45, 2.75) is 13.5 Å². The van der Waals surface area contributed by atoms with Gasteiger partial charge in [-0.25, -0.2) is 0 Å². The van der Waals surface area contributed by atoms with Crippen LogP contribution in [-0.4, -0.2) is 21.8 Å². The number of primary amides is 1. The van der Waals surface area contributed by atoms with Crippen LogP contribution >= 0.6 is 0 Å². The lowest BCUT2D eigenvalue weighted by atomic mass is 10.1. The van der Waals surface area contributed by atoms with E-state index >= 15 is 0 Å². The zero-order valence-electron chi connectivity index (χ0n) is 14.7. The maximum atomic E-state index is 12.3. The fraction of sp³-hybridized carbons (Fsp3) is 0.100. The van der Waals surface area contributed by atoms with Crippen LogP contribution < -0.4 is 15.8 Å². The molecule has 2 amide bonds. The number of amides is 2. The minimum Gasteiger partial charge on any atom is -0.487 e. The first kappa shape index (κ1) is 18.1. The van der Waals surface area contributed by atoms with Crippen molar-refractivity contribution in [2.75, 3.05) is 5.32 Å². The first-order chi connectivity index (χ1) is 13.0. The predicted octanol–water partition coefficient (Wildman–Crippen LogP) is 2.72. The second-order valence-electron chi connectivity index (χ2n) is 5.85. The van der Waals surface area contributed by atoms with Crippen LogP contribution in [0.15, 0.2) is 61.2 Å². The Labute approximate surface area is 156 Å². The minimum atomic E-state index is -0.566. The van der Waals surface area contributed by atoms with Gasteiger partial charge in [0.15, 0.2) is 0 Å². The van der Waals surface area contributed by atoms with Crippen LogP contribution in [0.2, 0.25) is 0 Å². The third kappa shape index (κ3) is 4.46. The van der Waals surface area contributed by atoms with Gasteiger partial charge in [-0.15, -0.1) is 0 Å². The molecule has 7 nitrogen and oxygen atoms in total. The summed E-state index contributed by atoms with van der Waals surface area (Å²) in [4.78, 5) is 31.4. The molecule has 3 aromatic rings. The van der Waals surface area contributed by atoms with Crippen molar-refractivity contribution in [3.05, 3.63) is 83.4 Å². The molecule has 2 aromatic heterocycles. The van der Waals surface area contributed by atoms with Crippen LogP contribution in [0.3, 0.4) is 0 Å². The number of rotatable bonds is 6. The van der Waals surface area contributed by atoms with Gasteiger partial charge in [0.1, 0.15) is 12.4 Å². The molecule has 0 fully saturated rings. The van der Waals surface area contributed by atoms with Crippen molar-refractivity contribution in [3.8, 4) is 5.75 Å². The molecule has 3 rings (SSSR count). The monoisotopic (exact) mass is 362 g/mol. The molecule has 0 bridgehead atoms. The Morgan fingerprint density at radius 3 is 2.63 bits per heavy atom. The highest BCUT2D eigenvalue weighted by molar-refractivity contribution is 6.04. The third-order valence-corrected chi connectivity index (χ3v) is 4.01. The molecule has 1 aromatic carbocycles. The number of anilines is 1. The molecule has 2 heterocycles.